The minimum Gasteiger partial charge on any atom is -0.484 e. The van der Waals surface area contributed by atoms with Gasteiger partial charge in [-0.25, -0.2) is 0 Å². The Bertz CT molecular complexity index is 134. The van der Waals surface area contributed by atoms with Crippen LogP contribution in [0.1, 0.15) is 13.8 Å². The van der Waals surface area contributed by atoms with Crippen LogP contribution < -0.4 is 0 Å². The fourth-order valence-electron chi connectivity index (χ4n) is 0.398. The van der Waals surface area contributed by atoms with Crippen LogP contribution in [-0.4, -0.2) is 35.1 Å². The zero-order valence-corrected chi connectivity index (χ0v) is 7.65. The minimum atomic E-state index is -0.496. The predicted octanol–water partition coefficient (Wildman–Crippen LogP) is 0.341. The lowest BCUT2D eigenvalue weighted by molar-refractivity contribution is 0.153. The summed E-state index contributed by atoms with van der Waals surface area (Å²) in [7, 11) is 0. The van der Waals surface area contributed by atoms with Gasteiger partial charge < -0.3 is 14.9 Å². The molecule has 11 heavy (non-hydrogen) atoms. The molecule has 0 aromatic heterocycles. The Hall–Kier alpha value is -0.190. The van der Waals surface area contributed by atoms with E-state index in [9.17, 15) is 0 Å². The number of rotatable bonds is 4. The van der Waals surface area contributed by atoms with Gasteiger partial charge in [-0.3, -0.25) is 0 Å². The second kappa shape index (κ2) is 4.64. The van der Waals surface area contributed by atoms with Crippen molar-refractivity contribution in [2.75, 3.05) is 19.8 Å². The van der Waals surface area contributed by atoms with E-state index in [1.54, 1.807) is 13.8 Å². The highest BCUT2D eigenvalue weighted by Crippen LogP contribution is 2.17. The summed E-state index contributed by atoms with van der Waals surface area (Å²) in [6.45, 7) is 3.67. The molecule has 4 heteroatoms. The van der Waals surface area contributed by atoms with Crippen LogP contribution >= 0.6 is 12.2 Å². The van der Waals surface area contributed by atoms with Crippen LogP contribution in [0.15, 0.2) is 0 Å². The largest absolute Gasteiger partial charge is 0.484 e. The van der Waals surface area contributed by atoms with E-state index in [1.165, 1.54) is 0 Å². The Morgan fingerprint density at radius 3 is 2.36 bits per heavy atom. The van der Waals surface area contributed by atoms with Crippen molar-refractivity contribution in [2.24, 2.45) is 5.41 Å². The molecule has 0 amide bonds. The minimum absolute atomic E-state index is 0.0444. The Kier molecular flexibility index (Phi) is 4.56. The molecule has 0 aromatic rings. The van der Waals surface area contributed by atoms with Gasteiger partial charge in [0.2, 0.25) is 0 Å². The van der Waals surface area contributed by atoms with E-state index in [4.69, 9.17) is 27.2 Å². The highest BCUT2D eigenvalue weighted by atomic mass is 32.1. The van der Waals surface area contributed by atoms with Crippen LogP contribution in [-0.2, 0) is 4.74 Å². The third-order valence-electron chi connectivity index (χ3n) is 1.27. The lowest BCUT2D eigenvalue weighted by Gasteiger charge is -2.22. The molecule has 0 heterocycles. The van der Waals surface area contributed by atoms with Crippen molar-refractivity contribution in [3.8, 4) is 0 Å². The molecular formula is C7H14O3S. The van der Waals surface area contributed by atoms with Gasteiger partial charge in [0, 0.05) is 0 Å². The molecule has 0 saturated carbocycles. The van der Waals surface area contributed by atoms with Gasteiger partial charge in [0.25, 0.3) is 0 Å². The number of aliphatic hydroxyl groups excluding tert-OH is 2. The van der Waals surface area contributed by atoms with Crippen molar-refractivity contribution in [1.82, 2.24) is 0 Å². The summed E-state index contributed by atoms with van der Waals surface area (Å²) in [5, 5.41) is 17.6. The fraction of sp³-hybridized carbons (Fsp3) is 0.857. The molecule has 0 bridgehead atoms. The standard InChI is InChI=1S/C7H14O3S/c1-7(2,5-9)6(11)10-4-3-8/h8-9H,3-5H2,1-2H3. The third kappa shape index (κ3) is 3.65. The highest BCUT2D eigenvalue weighted by Gasteiger charge is 2.23. The van der Waals surface area contributed by atoms with Crippen LogP contribution in [0.5, 0.6) is 0 Å². The summed E-state index contributed by atoms with van der Waals surface area (Å²) in [4.78, 5) is 0. The SMILES string of the molecule is CC(C)(CO)C(=S)OCCO. The zero-order valence-electron chi connectivity index (χ0n) is 6.83. The lowest BCUT2D eigenvalue weighted by atomic mass is 9.96. The molecule has 0 aromatic carbocycles. The monoisotopic (exact) mass is 178 g/mol. The maximum Gasteiger partial charge on any atom is 0.167 e. The van der Waals surface area contributed by atoms with Crippen LogP contribution in [0.3, 0.4) is 0 Å². The maximum atomic E-state index is 8.83. The van der Waals surface area contributed by atoms with Gasteiger partial charge in [-0.05, 0) is 26.1 Å². The molecule has 0 unspecified atom stereocenters. The second-order valence-corrected chi connectivity index (χ2v) is 3.27. The average molecular weight is 178 g/mol. The van der Waals surface area contributed by atoms with E-state index in [-0.39, 0.29) is 19.8 Å². The predicted molar refractivity (Wildman–Crippen MR) is 46.5 cm³/mol. The number of hydrogen-bond acceptors (Lipinski definition) is 4. The van der Waals surface area contributed by atoms with E-state index in [0.717, 1.165) is 0 Å². The lowest BCUT2D eigenvalue weighted by Crippen LogP contribution is -2.29. The molecule has 0 aliphatic rings. The van der Waals surface area contributed by atoms with Gasteiger partial charge in [0.05, 0.1) is 18.6 Å². The first-order valence-corrected chi connectivity index (χ1v) is 3.84. The summed E-state index contributed by atoms with van der Waals surface area (Å²) >= 11 is 4.86. The highest BCUT2D eigenvalue weighted by molar-refractivity contribution is 7.80. The van der Waals surface area contributed by atoms with E-state index < -0.39 is 5.41 Å². The molecule has 0 atom stereocenters. The summed E-state index contributed by atoms with van der Waals surface area (Å²) in [5.41, 5.74) is -0.496. The third-order valence-corrected chi connectivity index (χ3v) is 1.94. The smallest absolute Gasteiger partial charge is 0.167 e. The van der Waals surface area contributed by atoms with Gasteiger partial charge in [0.1, 0.15) is 6.61 Å². The van der Waals surface area contributed by atoms with Crippen molar-refractivity contribution in [3.63, 3.8) is 0 Å². The first-order valence-electron chi connectivity index (χ1n) is 3.43. The summed E-state index contributed by atoms with van der Waals surface area (Å²) in [5.74, 6) is 0. The molecule has 66 valence electrons. The molecule has 0 spiro atoms. The van der Waals surface area contributed by atoms with Crippen LogP contribution in [0, 0.1) is 5.41 Å². The Morgan fingerprint density at radius 2 is 2.00 bits per heavy atom. The molecular weight excluding hydrogens is 164 g/mol. The summed E-state index contributed by atoms with van der Waals surface area (Å²) in [6.07, 6.45) is 0. The van der Waals surface area contributed by atoms with E-state index in [1.807, 2.05) is 0 Å². The summed E-state index contributed by atoms with van der Waals surface area (Å²) < 4.78 is 4.97. The average Bonchev–Trinajstić information content (AvgIpc) is 2.00. The van der Waals surface area contributed by atoms with E-state index in [0.29, 0.717) is 5.05 Å². The zero-order chi connectivity index (χ0) is 8.91. The first kappa shape index (κ1) is 10.8. The Morgan fingerprint density at radius 1 is 1.45 bits per heavy atom. The Balaban J connectivity index is 3.82. The van der Waals surface area contributed by atoms with Crippen molar-refractivity contribution in [1.29, 1.82) is 0 Å². The molecule has 0 fully saturated rings. The van der Waals surface area contributed by atoms with Gasteiger partial charge in [-0.2, -0.15) is 0 Å². The van der Waals surface area contributed by atoms with Gasteiger partial charge in [-0.15, -0.1) is 0 Å². The molecule has 0 aliphatic heterocycles. The van der Waals surface area contributed by atoms with Gasteiger partial charge >= 0.3 is 0 Å². The quantitative estimate of drug-likeness (QED) is 0.610. The first-order chi connectivity index (χ1) is 5.04. The van der Waals surface area contributed by atoms with E-state index in [2.05, 4.69) is 0 Å². The van der Waals surface area contributed by atoms with Crippen molar-refractivity contribution >= 4 is 17.3 Å². The molecule has 0 radical (unpaired) electrons. The molecule has 3 nitrogen and oxygen atoms in total. The van der Waals surface area contributed by atoms with E-state index >= 15 is 0 Å². The topological polar surface area (TPSA) is 49.7 Å². The Labute approximate surface area is 72.0 Å². The van der Waals surface area contributed by atoms with Gasteiger partial charge in [0.15, 0.2) is 5.05 Å². The van der Waals surface area contributed by atoms with Crippen molar-refractivity contribution < 1.29 is 14.9 Å². The number of hydrogen-bond donors (Lipinski definition) is 2. The van der Waals surface area contributed by atoms with Crippen LogP contribution in [0.2, 0.25) is 0 Å². The second-order valence-electron chi connectivity index (χ2n) is 2.90. The number of aliphatic hydroxyl groups is 2. The molecule has 0 rings (SSSR count). The van der Waals surface area contributed by atoms with Crippen LogP contribution in [0.25, 0.3) is 0 Å². The normalized spacial score (nSPS) is 11.3. The number of ether oxygens (including phenoxy) is 1. The fourth-order valence-corrected chi connectivity index (χ4v) is 0.546. The molecule has 0 saturated heterocycles. The maximum absolute atomic E-state index is 8.83. The van der Waals surface area contributed by atoms with Crippen molar-refractivity contribution in [2.45, 2.75) is 13.8 Å². The number of thiocarbonyl (C=S) groups is 1. The van der Waals surface area contributed by atoms with Crippen LogP contribution in [0.4, 0.5) is 0 Å². The molecule has 0 aliphatic carbocycles. The van der Waals surface area contributed by atoms with Crippen molar-refractivity contribution in [3.05, 3.63) is 0 Å². The molecule has 2 N–H and O–H groups in total. The summed E-state index contributed by atoms with van der Waals surface area (Å²) in [6, 6.07) is 0. The van der Waals surface area contributed by atoms with Gasteiger partial charge in [-0.1, -0.05) is 0 Å².